The van der Waals surface area contributed by atoms with E-state index in [0.717, 1.165) is 11.6 Å². The number of aromatic nitrogens is 2. The first kappa shape index (κ1) is 15.9. The van der Waals surface area contributed by atoms with Crippen molar-refractivity contribution >= 4 is 21.9 Å². The molecule has 0 fully saturated rings. The van der Waals surface area contributed by atoms with Gasteiger partial charge in [-0.15, -0.1) is 11.3 Å². The van der Waals surface area contributed by atoms with Gasteiger partial charge < -0.3 is 0 Å². The molecule has 0 bridgehead atoms. The molecule has 4 rings (SSSR count). The Morgan fingerprint density at radius 1 is 1.23 bits per heavy atom. The largest absolute Gasteiger partial charge is 0.305 e. The van der Waals surface area contributed by atoms with E-state index in [2.05, 4.69) is 11.1 Å². The van der Waals surface area contributed by atoms with Gasteiger partial charge in [0.1, 0.15) is 16.3 Å². The number of rotatable bonds is 3. The molecule has 0 saturated heterocycles. The van der Waals surface area contributed by atoms with Gasteiger partial charge in [0, 0.05) is 28.8 Å². The molecule has 0 aliphatic carbocycles. The molecule has 26 heavy (non-hydrogen) atoms. The Morgan fingerprint density at radius 3 is 2.69 bits per heavy atom. The van der Waals surface area contributed by atoms with Crippen LogP contribution in [0.5, 0.6) is 0 Å². The standard InChI is InChI=1S/C18H9FN4O2S/c19-15-13(2-1-3-14(15)23(24)25)16-18-22(8-9-26-18)17(21-16)12-6-4-11(10-20)5-7-12/h1-9H. The number of nitrogens with zero attached hydrogens (tertiary/aromatic N) is 4. The average molecular weight is 364 g/mol. The van der Waals surface area contributed by atoms with Gasteiger partial charge >= 0.3 is 5.69 Å². The third-order valence-corrected chi connectivity index (χ3v) is 4.83. The molecule has 2 aromatic carbocycles. The molecule has 4 aromatic rings. The second-order valence-corrected chi connectivity index (χ2v) is 6.34. The number of fused-ring (bicyclic) bond motifs is 1. The molecule has 0 N–H and O–H groups in total. The van der Waals surface area contributed by atoms with Crippen LogP contribution in [0.15, 0.2) is 54.0 Å². The number of nitriles is 1. The highest BCUT2D eigenvalue weighted by atomic mass is 32.1. The molecule has 8 heteroatoms. The van der Waals surface area contributed by atoms with Crippen LogP contribution >= 0.6 is 11.3 Å². The van der Waals surface area contributed by atoms with E-state index in [1.54, 1.807) is 34.9 Å². The first-order valence-corrected chi connectivity index (χ1v) is 8.37. The molecular formula is C18H9FN4O2S. The van der Waals surface area contributed by atoms with Gasteiger partial charge in [-0.1, -0.05) is 6.07 Å². The summed E-state index contributed by atoms with van der Waals surface area (Å²) in [6.07, 6.45) is 1.80. The Bertz CT molecular complexity index is 1190. The molecule has 2 aromatic heterocycles. The predicted octanol–water partition coefficient (Wildman–Crippen LogP) is 4.65. The Hall–Kier alpha value is -3.57. The van der Waals surface area contributed by atoms with E-state index in [0.29, 0.717) is 21.9 Å². The molecule has 0 amide bonds. The van der Waals surface area contributed by atoms with E-state index in [-0.39, 0.29) is 5.56 Å². The number of nitro groups is 1. The summed E-state index contributed by atoms with van der Waals surface area (Å²) in [5.41, 5.74) is 1.13. The lowest BCUT2D eigenvalue weighted by atomic mass is 10.1. The zero-order valence-electron chi connectivity index (χ0n) is 13.1. The quantitative estimate of drug-likeness (QED) is 0.391. The lowest BCUT2D eigenvalue weighted by Gasteiger charge is -2.00. The highest BCUT2D eigenvalue weighted by Crippen LogP contribution is 2.36. The van der Waals surface area contributed by atoms with E-state index in [4.69, 9.17) is 5.26 Å². The van der Waals surface area contributed by atoms with E-state index < -0.39 is 16.4 Å². The number of benzene rings is 2. The van der Waals surface area contributed by atoms with Gasteiger partial charge in [0.05, 0.1) is 16.6 Å². The monoisotopic (exact) mass is 364 g/mol. The maximum Gasteiger partial charge on any atom is 0.305 e. The Morgan fingerprint density at radius 2 is 2.00 bits per heavy atom. The normalized spacial score (nSPS) is 10.8. The van der Waals surface area contributed by atoms with Gasteiger partial charge in [-0.3, -0.25) is 14.5 Å². The summed E-state index contributed by atoms with van der Waals surface area (Å²) in [5, 5.41) is 21.8. The van der Waals surface area contributed by atoms with E-state index in [9.17, 15) is 14.5 Å². The molecule has 0 aliphatic rings. The van der Waals surface area contributed by atoms with Crippen LogP contribution in [0.1, 0.15) is 5.56 Å². The first-order valence-electron chi connectivity index (χ1n) is 7.49. The molecule has 0 aliphatic heterocycles. The van der Waals surface area contributed by atoms with E-state index >= 15 is 0 Å². The van der Waals surface area contributed by atoms with Crippen molar-refractivity contribution in [2.24, 2.45) is 0 Å². The van der Waals surface area contributed by atoms with Crippen LogP contribution in [-0.4, -0.2) is 14.3 Å². The Labute approximate surface area is 150 Å². The Kier molecular flexibility index (Phi) is 3.71. The molecular weight excluding hydrogens is 355 g/mol. The number of halogens is 1. The predicted molar refractivity (Wildman–Crippen MR) is 95.3 cm³/mol. The van der Waals surface area contributed by atoms with Gasteiger partial charge in [0.25, 0.3) is 0 Å². The number of imidazole rings is 1. The summed E-state index contributed by atoms with van der Waals surface area (Å²) in [4.78, 5) is 15.5. The summed E-state index contributed by atoms with van der Waals surface area (Å²) >= 11 is 1.37. The van der Waals surface area contributed by atoms with Gasteiger partial charge in [0.2, 0.25) is 5.82 Å². The molecule has 126 valence electrons. The molecule has 6 nitrogen and oxygen atoms in total. The van der Waals surface area contributed by atoms with Crippen LogP contribution in [-0.2, 0) is 0 Å². The van der Waals surface area contributed by atoms with Gasteiger partial charge in [-0.2, -0.15) is 9.65 Å². The second kappa shape index (κ2) is 6.06. The zero-order chi connectivity index (χ0) is 18.3. The fourth-order valence-electron chi connectivity index (χ4n) is 2.74. The van der Waals surface area contributed by atoms with Crippen molar-refractivity contribution in [1.82, 2.24) is 9.38 Å². The number of hydrogen-bond acceptors (Lipinski definition) is 5. The third-order valence-electron chi connectivity index (χ3n) is 3.96. The lowest BCUT2D eigenvalue weighted by Crippen LogP contribution is -1.94. The molecule has 0 radical (unpaired) electrons. The van der Waals surface area contributed by atoms with Crippen molar-refractivity contribution in [3.8, 4) is 28.7 Å². The average Bonchev–Trinajstić information content (AvgIpc) is 3.25. The molecule has 0 saturated carbocycles. The zero-order valence-corrected chi connectivity index (χ0v) is 13.9. The fourth-order valence-corrected chi connectivity index (χ4v) is 3.58. The molecule has 0 atom stereocenters. The van der Waals surface area contributed by atoms with Crippen LogP contribution in [0.25, 0.3) is 27.5 Å². The van der Waals surface area contributed by atoms with Crippen molar-refractivity contribution in [2.45, 2.75) is 0 Å². The van der Waals surface area contributed by atoms with Crippen LogP contribution in [0, 0.1) is 27.3 Å². The minimum absolute atomic E-state index is 0.0824. The molecule has 0 unspecified atom stereocenters. The Balaban J connectivity index is 1.94. The smallest absolute Gasteiger partial charge is 0.290 e. The number of thiazole rings is 1. The number of hydrogen-bond donors (Lipinski definition) is 0. The summed E-state index contributed by atoms with van der Waals surface area (Å²) < 4.78 is 16.4. The van der Waals surface area contributed by atoms with Crippen LogP contribution in [0.2, 0.25) is 0 Å². The van der Waals surface area contributed by atoms with Crippen LogP contribution in [0.3, 0.4) is 0 Å². The molecule has 0 spiro atoms. The van der Waals surface area contributed by atoms with E-state index in [1.807, 2.05) is 5.38 Å². The van der Waals surface area contributed by atoms with Gasteiger partial charge in [-0.25, -0.2) is 4.98 Å². The minimum Gasteiger partial charge on any atom is -0.290 e. The third kappa shape index (κ3) is 2.42. The maximum atomic E-state index is 14.6. The van der Waals surface area contributed by atoms with Crippen LogP contribution in [0.4, 0.5) is 10.1 Å². The highest BCUT2D eigenvalue weighted by molar-refractivity contribution is 7.16. The maximum absolute atomic E-state index is 14.6. The summed E-state index contributed by atoms with van der Waals surface area (Å²) in [6, 6.07) is 13.0. The van der Waals surface area contributed by atoms with E-state index in [1.165, 1.54) is 23.5 Å². The first-order chi connectivity index (χ1) is 12.6. The minimum atomic E-state index is -0.905. The second-order valence-electron chi connectivity index (χ2n) is 5.45. The SMILES string of the molecule is N#Cc1ccc(-c2nc(-c3cccc([N+](=O)[O-])c3F)c3sccn23)cc1. The summed E-state index contributed by atoms with van der Waals surface area (Å²) in [5.74, 6) is -0.330. The topological polar surface area (TPSA) is 84.2 Å². The van der Waals surface area contributed by atoms with Crippen molar-refractivity contribution < 1.29 is 9.31 Å². The summed E-state index contributed by atoms with van der Waals surface area (Å²) in [7, 11) is 0. The fraction of sp³-hybridized carbons (Fsp3) is 0. The lowest BCUT2D eigenvalue weighted by molar-refractivity contribution is -0.387. The van der Waals surface area contributed by atoms with Crippen molar-refractivity contribution in [1.29, 1.82) is 5.26 Å². The van der Waals surface area contributed by atoms with Gasteiger partial charge in [-0.05, 0) is 30.3 Å². The number of nitro benzene ring substituents is 1. The van der Waals surface area contributed by atoms with Crippen LogP contribution < -0.4 is 0 Å². The van der Waals surface area contributed by atoms with Crippen molar-refractivity contribution in [2.75, 3.05) is 0 Å². The molecule has 2 heterocycles. The van der Waals surface area contributed by atoms with Crippen molar-refractivity contribution in [3.63, 3.8) is 0 Å². The van der Waals surface area contributed by atoms with Crippen molar-refractivity contribution in [3.05, 3.63) is 75.5 Å². The summed E-state index contributed by atoms with van der Waals surface area (Å²) in [6.45, 7) is 0. The van der Waals surface area contributed by atoms with Gasteiger partial charge in [0.15, 0.2) is 0 Å². The highest BCUT2D eigenvalue weighted by Gasteiger charge is 2.23.